The molecule has 0 spiro atoms. The third-order valence-corrected chi connectivity index (χ3v) is 3.71. The Labute approximate surface area is 105 Å². The number of aryl methyl sites for hydroxylation is 1. The predicted molar refractivity (Wildman–Crippen MR) is 68.5 cm³/mol. The quantitative estimate of drug-likeness (QED) is 0.845. The van der Waals surface area contributed by atoms with Crippen molar-refractivity contribution in [3.8, 4) is 0 Å². The molecule has 0 amide bonds. The fourth-order valence-corrected chi connectivity index (χ4v) is 2.74. The fraction of sp³-hybridized carbons (Fsp3) is 0.462. The highest BCUT2D eigenvalue weighted by atomic mass is 35.5. The van der Waals surface area contributed by atoms with Crippen LogP contribution in [-0.4, -0.2) is 18.1 Å². The van der Waals surface area contributed by atoms with Crippen LogP contribution in [0.5, 0.6) is 0 Å². The predicted octanol–water partition coefficient (Wildman–Crippen LogP) is 3.11. The Balaban J connectivity index is 2.10. The molecule has 1 aliphatic heterocycles. The maximum absolute atomic E-state index is 6.03. The molecule has 0 saturated carbocycles. The molecule has 2 atom stereocenters. The minimum absolute atomic E-state index is 0.376. The lowest BCUT2D eigenvalue weighted by atomic mass is 9.98. The van der Waals surface area contributed by atoms with Crippen LogP contribution in [0, 0.1) is 12.8 Å². The Morgan fingerprint density at radius 2 is 2.24 bits per heavy atom. The van der Waals surface area contributed by atoms with E-state index in [-0.39, 0.29) is 0 Å². The number of hydrogen-bond acceptors (Lipinski definition) is 3. The van der Waals surface area contributed by atoms with E-state index in [0.29, 0.717) is 16.9 Å². The normalized spacial score (nSPS) is 24.6. The monoisotopic (exact) mass is 250 g/mol. The van der Waals surface area contributed by atoms with Gasteiger partial charge in [0.1, 0.15) is 5.52 Å². The highest BCUT2D eigenvalue weighted by Crippen LogP contribution is 2.31. The van der Waals surface area contributed by atoms with E-state index in [4.69, 9.17) is 16.0 Å². The second-order valence-corrected chi connectivity index (χ2v) is 5.30. The first kappa shape index (κ1) is 11.1. The van der Waals surface area contributed by atoms with Crippen molar-refractivity contribution in [1.82, 2.24) is 10.3 Å². The van der Waals surface area contributed by atoms with Gasteiger partial charge in [-0.1, -0.05) is 18.5 Å². The molecule has 0 bridgehead atoms. The number of rotatable bonds is 1. The van der Waals surface area contributed by atoms with E-state index in [9.17, 15) is 0 Å². The van der Waals surface area contributed by atoms with Crippen LogP contribution in [0.25, 0.3) is 11.1 Å². The Kier molecular flexibility index (Phi) is 2.60. The summed E-state index contributed by atoms with van der Waals surface area (Å²) in [6, 6.07) is 3.78. The lowest BCUT2D eigenvalue weighted by Gasteiger charge is -2.08. The van der Waals surface area contributed by atoms with E-state index in [0.717, 1.165) is 35.6 Å². The Morgan fingerprint density at radius 1 is 1.41 bits per heavy atom. The SMILES string of the molecule is Cc1cc(Cl)cc2nc([C@@H]3CNC[C@H]3C)oc12. The van der Waals surface area contributed by atoms with Gasteiger partial charge in [0.05, 0.1) is 5.92 Å². The van der Waals surface area contributed by atoms with Gasteiger partial charge in [0.15, 0.2) is 11.5 Å². The van der Waals surface area contributed by atoms with Crippen molar-refractivity contribution in [2.24, 2.45) is 5.92 Å². The van der Waals surface area contributed by atoms with Crippen LogP contribution in [0.15, 0.2) is 16.5 Å². The molecule has 1 fully saturated rings. The lowest BCUT2D eigenvalue weighted by Crippen LogP contribution is -2.08. The van der Waals surface area contributed by atoms with Gasteiger partial charge in [0.2, 0.25) is 0 Å². The van der Waals surface area contributed by atoms with Gasteiger partial charge in [-0.15, -0.1) is 0 Å². The highest BCUT2D eigenvalue weighted by Gasteiger charge is 2.29. The number of oxazole rings is 1. The summed E-state index contributed by atoms with van der Waals surface area (Å²) >= 11 is 6.03. The molecule has 90 valence electrons. The molecule has 0 aliphatic carbocycles. The van der Waals surface area contributed by atoms with Gasteiger partial charge in [-0.05, 0) is 37.1 Å². The zero-order chi connectivity index (χ0) is 12.0. The summed E-state index contributed by atoms with van der Waals surface area (Å²) in [6.07, 6.45) is 0. The highest BCUT2D eigenvalue weighted by molar-refractivity contribution is 6.31. The van der Waals surface area contributed by atoms with Crippen molar-refractivity contribution >= 4 is 22.7 Å². The summed E-state index contributed by atoms with van der Waals surface area (Å²) in [4.78, 5) is 4.58. The summed E-state index contributed by atoms with van der Waals surface area (Å²) < 4.78 is 5.90. The number of aromatic nitrogens is 1. The third-order valence-electron chi connectivity index (χ3n) is 3.49. The van der Waals surface area contributed by atoms with Gasteiger partial charge in [0.25, 0.3) is 0 Å². The molecule has 0 unspecified atom stereocenters. The van der Waals surface area contributed by atoms with E-state index in [1.54, 1.807) is 0 Å². The van der Waals surface area contributed by atoms with Crippen molar-refractivity contribution in [2.75, 3.05) is 13.1 Å². The van der Waals surface area contributed by atoms with E-state index in [1.165, 1.54) is 0 Å². The largest absolute Gasteiger partial charge is 0.440 e. The maximum atomic E-state index is 6.03. The molecule has 1 aromatic carbocycles. The Hall–Kier alpha value is -1.06. The first-order valence-corrected chi connectivity index (χ1v) is 6.30. The van der Waals surface area contributed by atoms with Crippen LogP contribution < -0.4 is 5.32 Å². The summed E-state index contributed by atoms with van der Waals surface area (Å²) in [7, 11) is 0. The molecule has 2 aromatic rings. The molecule has 1 aromatic heterocycles. The van der Waals surface area contributed by atoms with Crippen LogP contribution in [0.2, 0.25) is 5.02 Å². The average Bonchev–Trinajstić information content (AvgIpc) is 2.83. The lowest BCUT2D eigenvalue weighted by molar-refractivity contribution is 0.434. The standard InChI is InChI=1S/C13H15ClN2O/c1-7-3-9(14)4-11-12(7)17-13(16-11)10-6-15-5-8(10)2/h3-4,8,10,15H,5-6H2,1-2H3/t8-,10-/m1/s1. The molecular weight excluding hydrogens is 236 g/mol. The van der Waals surface area contributed by atoms with Crippen LogP contribution in [-0.2, 0) is 0 Å². The topological polar surface area (TPSA) is 38.1 Å². The van der Waals surface area contributed by atoms with Crippen molar-refractivity contribution in [1.29, 1.82) is 0 Å². The van der Waals surface area contributed by atoms with E-state index in [2.05, 4.69) is 17.2 Å². The average molecular weight is 251 g/mol. The Morgan fingerprint density at radius 3 is 2.94 bits per heavy atom. The molecule has 1 N–H and O–H groups in total. The second kappa shape index (κ2) is 4.00. The summed E-state index contributed by atoms with van der Waals surface area (Å²) in [5.74, 6) is 1.78. The zero-order valence-electron chi connectivity index (χ0n) is 9.96. The van der Waals surface area contributed by atoms with Crippen molar-refractivity contribution < 1.29 is 4.42 Å². The molecule has 1 aliphatic rings. The third kappa shape index (κ3) is 1.83. The first-order valence-electron chi connectivity index (χ1n) is 5.92. The minimum atomic E-state index is 0.376. The van der Waals surface area contributed by atoms with Crippen LogP contribution in [0.4, 0.5) is 0 Å². The number of benzene rings is 1. The summed E-state index contributed by atoms with van der Waals surface area (Å²) in [5, 5.41) is 4.08. The van der Waals surface area contributed by atoms with Crippen LogP contribution in [0.3, 0.4) is 0 Å². The summed E-state index contributed by atoms with van der Waals surface area (Å²) in [5.41, 5.74) is 2.78. The van der Waals surface area contributed by atoms with Crippen molar-refractivity contribution in [3.05, 3.63) is 28.6 Å². The maximum Gasteiger partial charge on any atom is 0.200 e. The molecular formula is C13H15ClN2O. The fourth-order valence-electron chi connectivity index (χ4n) is 2.47. The minimum Gasteiger partial charge on any atom is -0.440 e. The van der Waals surface area contributed by atoms with Gasteiger partial charge in [-0.25, -0.2) is 4.98 Å². The van der Waals surface area contributed by atoms with Gasteiger partial charge >= 0.3 is 0 Å². The van der Waals surface area contributed by atoms with Crippen molar-refractivity contribution in [3.63, 3.8) is 0 Å². The number of fused-ring (bicyclic) bond motifs is 1. The van der Waals surface area contributed by atoms with Gasteiger partial charge in [-0.2, -0.15) is 0 Å². The number of nitrogens with one attached hydrogen (secondary N) is 1. The second-order valence-electron chi connectivity index (χ2n) is 4.87. The molecule has 0 radical (unpaired) electrons. The van der Waals surface area contributed by atoms with Gasteiger partial charge in [-0.3, -0.25) is 0 Å². The van der Waals surface area contributed by atoms with E-state index >= 15 is 0 Å². The van der Waals surface area contributed by atoms with E-state index in [1.807, 2.05) is 19.1 Å². The molecule has 1 saturated heterocycles. The molecule has 3 nitrogen and oxygen atoms in total. The van der Waals surface area contributed by atoms with Gasteiger partial charge in [0, 0.05) is 11.6 Å². The number of hydrogen-bond donors (Lipinski definition) is 1. The number of halogens is 1. The summed E-state index contributed by atoms with van der Waals surface area (Å²) in [6.45, 7) is 6.20. The van der Waals surface area contributed by atoms with Crippen LogP contribution in [0.1, 0.15) is 24.3 Å². The zero-order valence-corrected chi connectivity index (χ0v) is 10.7. The first-order chi connectivity index (χ1) is 8.15. The molecule has 4 heteroatoms. The van der Waals surface area contributed by atoms with Gasteiger partial charge < -0.3 is 9.73 Å². The van der Waals surface area contributed by atoms with Crippen molar-refractivity contribution in [2.45, 2.75) is 19.8 Å². The molecule has 2 heterocycles. The van der Waals surface area contributed by atoms with Crippen LogP contribution >= 0.6 is 11.6 Å². The molecule has 3 rings (SSSR count). The smallest absolute Gasteiger partial charge is 0.200 e. The van der Waals surface area contributed by atoms with E-state index < -0.39 is 0 Å². The number of nitrogens with zero attached hydrogens (tertiary/aromatic N) is 1. The Bertz CT molecular complexity index is 564. The molecule has 17 heavy (non-hydrogen) atoms.